The lowest BCUT2D eigenvalue weighted by Gasteiger charge is -1.90. The molecule has 80 valence electrons. The van der Waals surface area contributed by atoms with E-state index in [4.69, 9.17) is 5.73 Å². The number of aryl methyl sites for hydroxylation is 1. The Hall–Kier alpha value is -1.39. The Morgan fingerprint density at radius 3 is 2.88 bits per heavy atom. The van der Waals surface area contributed by atoms with Crippen LogP contribution in [0.3, 0.4) is 0 Å². The number of hydrogen-bond donors (Lipinski definition) is 1. The predicted octanol–water partition coefficient (Wildman–Crippen LogP) is 3.92. The molecule has 0 radical (unpaired) electrons. The Kier molecular flexibility index (Phi) is 2.19. The zero-order valence-electron chi connectivity index (χ0n) is 8.73. The van der Waals surface area contributed by atoms with Crippen LogP contribution in [0.1, 0.15) is 5.56 Å². The first-order chi connectivity index (χ1) is 7.74. The normalized spacial score (nSPS) is 11.1. The van der Waals surface area contributed by atoms with Gasteiger partial charge in [-0.25, -0.2) is 4.98 Å². The van der Waals surface area contributed by atoms with Gasteiger partial charge in [0.2, 0.25) is 0 Å². The number of rotatable bonds is 1. The van der Waals surface area contributed by atoms with Gasteiger partial charge in [-0.3, -0.25) is 0 Å². The molecule has 3 aromatic rings. The number of nitrogen functional groups attached to an aromatic ring is 1. The largest absolute Gasteiger partial charge is 0.397 e. The van der Waals surface area contributed by atoms with Crippen LogP contribution in [-0.4, -0.2) is 4.98 Å². The fourth-order valence-electron chi connectivity index (χ4n) is 1.62. The Morgan fingerprint density at radius 2 is 2.12 bits per heavy atom. The molecule has 0 saturated heterocycles. The van der Waals surface area contributed by atoms with Crippen LogP contribution in [-0.2, 0) is 0 Å². The van der Waals surface area contributed by atoms with Gasteiger partial charge in [0, 0.05) is 0 Å². The number of fused-ring (bicyclic) bond motifs is 1. The van der Waals surface area contributed by atoms with Gasteiger partial charge in [-0.05, 0) is 36.1 Å². The predicted molar refractivity (Wildman–Crippen MR) is 72.1 cm³/mol. The van der Waals surface area contributed by atoms with Crippen molar-refractivity contribution in [1.29, 1.82) is 0 Å². The van der Waals surface area contributed by atoms with Gasteiger partial charge in [0.05, 0.1) is 20.8 Å². The molecule has 0 spiro atoms. The molecule has 2 aromatic heterocycles. The standard InChI is InChI=1S/C12H10N2S2/c1-7-2-3-9-10(6-7)16-12(14-9)11-8(13)4-5-15-11/h2-6H,13H2,1H3. The molecular formula is C12H10N2S2. The molecule has 3 rings (SSSR count). The van der Waals surface area contributed by atoms with Crippen molar-refractivity contribution < 1.29 is 0 Å². The van der Waals surface area contributed by atoms with E-state index >= 15 is 0 Å². The Labute approximate surface area is 101 Å². The van der Waals surface area contributed by atoms with Gasteiger partial charge in [-0.1, -0.05) is 6.07 Å². The van der Waals surface area contributed by atoms with Gasteiger partial charge in [0.1, 0.15) is 5.01 Å². The molecule has 2 nitrogen and oxygen atoms in total. The number of nitrogens with two attached hydrogens (primary N) is 1. The van der Waals surface area contributed by atoms with Crippen molar-refractivity contribution in [3.8, 4) is 9.88 Å². The van der Waals surface area contributed by atoms with Gasteiger partial charge in [-0.2, -0.15) is 0 Å². The van der Waals surface area contributed by atoms with E-state index in [0.717, 1.165) is 21.1 Å². The average Bonchev–Trinajstić information content (AvgIpc) is 2.82. The first kappa shape index (κ1) is 9.81. The highest BCUT2D eigenvalue weighted by molar-refractivity contribution is 7.25. The van der Waals surface area contributed by atoms with Gasteiger partial charge in [0.25, 0.3) is 0 Å². The quantitative estimate of drug-likeness (QED) is 0.707. The smallest absolute Gasteiger partial charge is 0.136 e. The summed E-state index contributed by atoms with van der Waals surface area (Å²) in [6.07, 6.45) is 0. The highest BCUT2D eigenvalue weighted by Gasteiger charge is 2.10. The maximum Gasteiger partial charge on any atom is 0.136 e. The topological polar surface area (TPSA) is 38.9 Å². The summed E-state index contributed by atoms with van der Waals surface area (Å²) in [6, 6.07) is 8.25. The summed E-state index contributed by atoms with van der Waals surface area (Å²) >= 11 is 3.35. The van der Waals surface area contributed by atoms with E-state index in [1.54, 1.807) is 22.7 Å². The SMILES string of the molecule is Cc1ccc2nc(-c3sccc3N)sc2c1. The number of aromatic nitrogens is 1. The van der Waals surface area contributed by atoms with Crippen LogP contribution in [0, 0.1) is 6.92 Å². The van der Waals surface area contributed by atoms with Crippen molar-refractivity contribution >= 4 is 38.6 Å². The summed E-state index contributed by atoms with van der Waals surface area (Å²) in [5.74, 6) is 0. The summed E-state index contributed by atoms with van der Waals surface area (Å²) in [6.45, 7) is 2.10. The molecule has 0 aliphatic rings. The Bertz CT molecular complexity index is 652. The Morgan fingerprint density at radius 1 is 1.25 bits per heavy atom. The molecule has 0 fully saturated rings. The number of thiazole rings is 1. The van der Waals surface area contributed by atoms with Crippen LogP contribution < -0.4 is 5.73 Å². The maximum atomic E-state index is 5.90. The lowest BCUT2D eigenvalue weighted by molar-refractivity contribution is 1.46. The van der Waals surface area contributed by atoms with E-state index in [2.05, 4.69) is 30.1 Å². The second-order valence-corrected chi connectivity index (χ2v) is 5.64. The molecule has 0 amide bonds. The number of benzene rings is 1. The molecule has 16 heavy (non-hydrogen) atoms. The van der Waals surface area contributed by atoms with E-state index < -0.39 is 0 Å². The summed E-state index contributed by atoms with van der Waals surface area (Å²) < 4.78 is 1.22. The minimum Gasteiger partial charge on any atom is -0.397 e. The van der Waals surface area contributed by atoms with Crippen molar-refractivity contribution in [2.24, 2.45) is 0 Å². The number of anilines is 1. The van der Waals surface area contributed by atoms with E-state index in [1.807, 2.05) is 11.4 Å². The van der Waals surface area contributed by atoms with E-state index in [1.165, 1.54) is 10.3 Å². The molecule has 0 aliphatic heterocycles. The molecular weight excluding hydrogens is 236 g/mol. The average molecular weight is 246 g/mol. The maximum absolute atomic E-state index is 5.90. The second-order valence-electron chi connectivity index (χ2n) is 3.70. The van der Waals surface area contributed by atoms with E-state index in [-0.39, 0.29) is 0 Å². The zero-order valence-corrected chi connectivity index (χ0v) is 10.4. The molecule has 0 bridgehead atoms. The van der Waals surface area contributed by atoms with Crippen molar-refractivity contribution in [2.45, 2.75) is 6.92 Å². The summed E-state index contributed by atoms with van der Waals surface area (Å²) in [7, 11) is 0. The van der Waals surface area contributed by atoms with E-state index in [9.17, 15) is 0 Å². The third-order valence-electron chi connectivity index (χ3n) is 2.43. The number of nitrogens with zero attached hydrogens (tertiary/aromatic N) is 1. The fourth-order valence-corrected chi connectivity index (χ4v) is 3.62. The van der Waals surface area contributed by atoms with Crippen LogP contribution in [0.25, 0.3) is 20.1 Å². The lowest BCUT2D eigenvalue weighted by Crippen LogP contribution is -1.82. The van der Waals surface area contributed by atoms with Crippen LogP contribution in [0.15, 0.2) is 29.6 Å². The summed E-state index contributed by atoms with van der Waals surface area (Å²) in [4.78, 5) is 5.69. The van der Waals surface area contributed by atoms with Crippen molar-refractivity contribution in [2.75, 3.05) is 5.73 Å². The molecule has 1 aromatic carbocycles. The lowest BCUT2D eigenvalue weighted by atomic mass is 10.2. The minimum absolute atomic E-state index is 0.820. The van der Waals surface area contributed by atoms with Crippen molar-refractivity contribution in [3.05, 3.63) is 35.2 Å². The first-order valence-corrected chi connectivity index (χ1v) is 6.64. The van der Waals surface area contributed by atoms with Crippen LogP contribution in [0.5, 0.6) is 0 Å². The monoisotopic (exact) mass is 246 g/mol. The third kappa shape index (κ3) is 1.50. The van der Waals surface area contributed by atoms with Crippen LogP contribution >= 0.6 is 22.7 Å². The molecule has 0 atom stereocenters. The molecule has 0 unspecified atom stereocenters. The molecule has 2 N–H and O–H groups in total. The number of thiophene rings is 1. The van der Waals surface area contributed by atoms with Gasteiger partial charge in [0.15, 0.2) is 0 Å². The Balaban J connectivity index is 2.23. The van der Waals surface area contributed by atoms with E-state index in [0.29, 0.717) is 0 Å². The van der Waals surface area contributed by atoms with Gasteiger partial charge in [-0.15, -0.1) is 22.7 Å². The molecule has 2 heterocycles. The highest BCUT2D eigenvalue weighted by atomic mass is 32.1. The van der Waals surface area contributed by atoms with Gasteiger partial charge >= 0.3 is 0 Å². The molecule has 0 saturated carbocycles. The molecule has 0 aliphatic carbocycles. The van der Waals surface area contributed by atoms with Gasteiger partial charge < -0.3 is 5.73 Å². The summed E-state index contributed by atoms with van der Waals surface area (Å²) in [5, 5.41) is 3.02. The first-order valence-electron chi connectivity index (χ1n) is 4.94. The van der Waals surface area contributed by atoms with Crippen molar-refractivity contribution in [1.82, 2.24) is 4.98 Å². The van der Waals surface area contributed by atoms with Crippen molar-refractivity contribution in [3.63, 3.8) is 0 Å². The minimum atomic E-state index is 0.820. The van der Waals surface area contributed by atoms with Crippen LogP contribution in [0.2, 0.25) is 0 Å². The molecule has 4 heteroatoms. The second kappa shape index (κ2) is 3.57. The number of hydrogen-bond acceptors (Lipinski definition) is 4. The fraction of sp³-hybridized carbons (Fsp3) is 0.0833. The zero-order chi connectivity index (χ0) is 11.1. The van der Waals surface area contributed by atoms with Crippen LogP contribution in [0.4, 0.5) is 5.69 Å². The highest BCUT2D eigenvalue weighted by Crippen LogP contribution is 2.36. The summed E-state index contributed by atoms with van der Waals surface area (Å²) in [5.41, 5.74) is 9.04. The third-order valence-corrected chi connectivity index (χ3v) is 4.54.